The van der Waals surface area contributed by atoms with E-state index in [0.29, 0.717) is 5.69 Å². The van der Waals surface area contributed by atoms with E-state index < -0.39 is 0 Å². The minimum Gasteiger partial charge on any atom is -0.394 e. The van der Waals surface area contributed by atoms with Gasteiger partial charge in [0, 0.05) is 4.47 Å². The number of halogens is 1. The van der Waals surface area contributed by atoms with Crippen molar-refractivity contribution in [3.8, 4) is 0 Å². The molecule has 0 saturated heterocycles. The molecule has 1 rings (SSSR count). The molecule has 0 aliphatic rings. The Labute approximate surface area is 96.8 Å². The first kappa shape index (κ1) is 12.0. The average molecular weight is 273 g/mol. The van der Waals surface area contributed by atoms with Crippen LogP contribution in [0.1, 0.15) is 6.92 Å². The molecule has 0 heterocycles. The summed E-state index contributed by atoms with van der Waals surface area (Å²) in [5, 5.41) is 14.0. The van der Waals surface area contributed by atoms with Crippen LogP contribution in [0.3, 0.4) is 0 Å². The standard InChI is InChI=1S/C10H13BrN2O2/c1-7(6-14)12-10(15)13-9-5-3-2-4-8(9)11/h2-5,7,14H,6H2,1H3,(H2,12,13,15)/t7-/m1/s1. The number of urea groups is 1. The predicted molar refractivity (Wildman–Crippen MR) is 62.8 cm³/mol. The van der Waals surface area contributed by atoms with E-state index in [9.17, 15) is 4.79 Å². The van der Waals surface area contributed by atoms with Gasteiger partial charge in [0.15, 0.2) is 0 Å². The van der Waals surface area contributed by atoms with Crippen molar-refractivity contribution in [3.05, 3.63) is 28.7 Å². The van der Waals surface area contributed by atoms with Gasteiger partial charge in [-0.05, 0) is 35.0 Å². The van der Waals surface area contributed by atoms with Crippen LogP contribution in [0.5, 0.6) is 0 Å². The van der Waals surface area contributed by atoms with Crippen LogP contribution in [0.25, 0.3) is 0 Å². The molecule has 0 bridgehead atoms. The lowest BCUT2D eigenvalue weighted by Gasteiger charge is -2.12. The third kappa shape index (κ3) is 3.89. The minimum atomic E-state index is -0.330. The summed E-state index contributed by atoms with van der Waals surface area (Å²) < 4.78 is 0.816. The summed E-state index contributed by atoms with van der Waals surface area (Å²) in [7, 11) is 0. The molecule has 0 aliphatic heterocycles. The van der Waals surface area contributed by atoms with Crippen molar-refractivity contribution in [2.24, 2.45) is 0 Å². The molecular weight excluding hydrogens is 260 g/mol. The van der Waals surface area contributed by atoms with Gasteiger partial charge in [0.25, 0.3) is 0 Å². The molecule has 15 heavy (non-hydrogen) atoms. The van der Waals surface area contributed by atoms with E-state index in [4.69, 9.17) is 5.11 Å². The first-order valence-electron chi connectivity index (χ1n) is 4.56. The summed E-state index contributed by atoms with van der Waals surface area (Å²) >= 11 is 3.32. The van der Waals surface area contributed by atoms with E-state index in [1.165, 1.54) is 0 Å². The van der Waals surface area contributed by atoms with Gasteiger partial charge in [0.1, 0.15) is 0 Å². The van der Waals surface area contributed by atoms with Crippen molar-refractivity contribution in [3.63, 3.8) is 0 Å². The lowest BCUT2D eigenvalue weighted by atomic mass is 10.3. The number of benzene rings is 1. The smallest absolute Gasteiger partial charge is 0.319 e. The van der Waals surface area contributed by atoms with E-state index in [2.05, 4.69) is 26.6 Å². The fourth-order valence-electron chi connectivity index (χ4n) is 0.990. The lowest BCUT2D eigenvalue weighted by molar-refractivity contribution is 0.229. The summed E-state index contributed by atoms with van der Waals surface area (Å²) in [4.78, 5) is 11.4. The molecule has 1 atom stereocenters. The Hall–Kier alpha value is -1.07. The monoisotopic (exact) mass is 272 g/mol. The third-order valence-corrected chi connectivity index (χ3v) is 2.46. The highest BCUT2D eigenvalue weighted by Crippen LogP contribution is 2.20. The van der Waals surface area contributed by atoms with E-state index in [0.717, 1.165) is 4.47 Å². The second-order valence-corrected chi connectivity index (χ2v) is 4.02. The first-order valence-corrected chi connectivity index (χ1v) is 5.35. The van der Waals surface area contributed by atoms with Crippen LogP contribution in [0.4, 0.5) is 10.5 Å². The maximum absolute atomic E-state index is 11.4. The fraction of sp³-hybridized carbons (Fsp3) is 0.300. The average Bonchev–Trinajstić information content (AvgIpc) is 2.21. The summed E-state index contributed by atoms with van der Waals surface area (Å²) in [6, 6.07) is 6.73. The number of hydrogen-bond acceptors (Lipinski definition) is 2. The zero-order valence-corrected chi connectivity index (χ0v) is 9.91. The number of carbonyl (C=O) groups excluding carboxylic acids is 1. The molecule has 1 aromatic carbocycles. The quantitative estimate of drug-likeness (QED) is 0.788. The number of para-hydroxylation sites is 1. The topological polar surface area (TPSA) is 61.4 Å². The van der Waals surface area contributed by atoms with Gasteiger partial charge in [-0.3, -0.25) is 0 Å². The SMILES string of the molecule is C[C@H](CO)NC(=O)Nc1ccccc1Br. The molecular formula is C10H13BrN2O2. The fourth-order valence-corrected chi connectivity index (χ4v) is 1.37. The third-order valence-electron chi connectivity index (χ3n) is 1.77. The second kappa shape index (κ2) is 5.72. The Morgan fingerprint density at radius 2 is 2.20 bits per heavy atom. The van der Waals surface area contributed by atoms with E-state index in [1.54, 1.807) is 13.0 Å². The Kier molecular flexibility index (Phi) is 4.58. The van der Waals surface area contributed by atoms with Gasteiger partial charge in [0.2, 0.25) is 0 Å². The maximum Gasteiger partial charge on any atom is 0.319 e. The zero-order chi connectivity index (χ0) is 11.3. The minimum absolute atomic E-state index is 0.0800. The molecule has 4 nitrogen and oxygen atoms in total. The zero-order valence-electron chi connectivity index (χ0n) is 8.33. The Morgan fingerprint density at radius 1 is 1.53 bits per heavy atom. The van der Waals surface area contributed by atoms with E-state index in [-0.39, 0.29) is 18.7 Å². The van der Waals surface area contributed by atoms with Gasteiger partial charge < -0.3 is 15.7 Å². The highest BCUT2D eigenvalue weighted by molar-refractivity contribution is 9.10. The number of anilines is 1. The number of carbonyl (C=O) groups is 1. The van der Waals surface area contributed by atoms with Crippen LogP contribution >= 0.6 is 15.9 Å². The number of rotatable bonds is 3. The maximum atomic E-state index is 11.4. The molecule has 3 N–H and O–H groups in total. The predicted octanol–water partition coefficient (Wildman–Crippen LogP) is 1.95. The number of hydrogen-bond donors (Lipinski definition) is 3. The first-order chi connectivity index (χ1) is 7.13. The Bertz CT molecular complexity index is 344. The van der Waals surface area contributed by atoms with Crippen molar-refractivity contribution in [1.82, 2.24) is 5.32 Å². The van der Waals surface area contributed by atoms with E-state index >= 15 is 0 Å². The van der Waals surface area contributed by atoms with Crippen LogP contribution in [0, 0.1) is 0 Å². The molecule has 2 amide bonds. The van der Waals surface area contributed by atoms with Crippen LogP contribution in [0.15, 0.2) is 28.7 Å². The van der Waals surface area contributed by atoms with Crippen LogP contribution in [-0.4, -0.2) is 23.8 Å². The molecule has 0 aliphatic carbocycles. The highest BCUT2D eigenvalue weighted by atomic mass is 79.9. The van der Waals surface area contributed by atoms with Crippen LogP contribution < -0.4 is 10.6 Å². The summed E-state index contributed by atoms with van der Waals surface area (Å²) in [5.41, 5.74) is 0.695. The van der Waals surface area contributed by atoms with Gasteiger partial charge in [-0.25, -0.2) is 4.79 Å². The normalized spacial score (nSPS) is 11.9. The summed E-state index contributed by atoms with van der Waals surface area (Å²) in [6.07, 6.45) is 0. The molecule has 0 aromatic heterocycles. The van der Waals surface area contributed by atoms with Gasteiger partial charge in [0.05, 0.1) is 18.3 Å². The molecule has 0 fully saturated rings. The molecule has 1 aromatic rings. The Morgan fingerprint density at radius 3 is 2.80 bits per heavy atom. The van der Waals surface area contributed by atoms with Crippen molar-refractivity contribution < 1.29 is 9.90 Å². The number of nitrogens with one attached hydrogen (secondary N) is 2. The van der Waals surface area contributed by atoms with Gasteiger partial charge in [-0.2, -0.15) is 0 Å². The number of aliphatic hydroxyl groups is 1. The number of aliphatic hydroxyl groups excluding tert-OH is 1. The highest BCUT2D eigenvalue weighted by Gasteiger charge is 2.07. The van der Waals surface area contributed by atoms with E-state index in [1.807, 2.05) is 18.2 Å². The van der Waals surface area contributed by atoms with Crippen molar-refractivity contribution >= 4 is 27.6 Å². The largest absolute Gasteiger partial charge is 0.394 e. The molecule has 0 radical (unpaired) electrons. The van der Waals surface area contributed by atoms with Crippen LogP contribution in [-0.2, 0) is 0 Å². The molecule has 0 unspecified atom stereocenters. The summed E-state index contributed by atoms with van der Waals surface area (Å²) in [5.74, 6) is 0. The molecule has 0 saturated carbocycles. The second-order valence-electron chi connectivity index (χ2n) is 3.16. The van der Waals surface area contributed by atoms with Crippen LogP contribution in [0.2, 0.25) is 0 Å². The van der Waals surface area contributed by atoms with Gasteiger partial charge in [-0.1, -0.05) is 12.1 Å². The molecule has 5 heteroatoms. The van der Waals surface area contributed by atoms with Crippen molar-refractivity contribution in [1.29, 1.82) is 0 Å². The molecule has 82 valence electrons. The Balaban J connectivity index is 2.55. The molecule has 0 spiro atoms. The van der Waals surface area contributed by atoms with Crippen molar-refractivity contribution in [2.75, 3.05) is 11.9 Å². The van der Waals surface area contributed by atoms with Crippen molar-refractivity contribution in [2.45, 2.75) is 13.0 Å². The number of amides is 2. The lowest BCUT2D eigenvalue weighted by Crippen LogP contribution is -2.38. The van der Waals surface area contributed by atoms with Gasteiger partial charge >= 0.3 is 6.03 Å². The van der Waals surface area contributed by atoms with Gasteiger partial charge in [-0.15, -0.1) is 0 Å². The summed E-state index contributed by atoms with van der Waals surface area (Å²) in [6.45, 7) is 1.64.